The van der Waals surface area contributed by atoms with Crippen molar-refractivity contribution in [1.29, 1.82) is 0 Å². The molecule has 0 aliphatic heterocycles. The molecule has 0 spiro atoms. The third kappa shape index (κ3) is 2.57. The highest BCUT2D eigenvalue weighted by Crippen LogP contribution is 2.09. The first-order chi connectivity index (χ1) is 6.11. The van der Waals surface area contributed by atoms with E-state index in [1.807, 2.05) is 0 Å². The molecule has 0 aliphatic carbocycles. The molecule has 0 aromatic heterocycles. The number of hydrogen-bond donors (Lipinski definition) is 3. The molecule has 0 atom stereocenters. The monoisotopic (exact) mass is 180 g/mol. The molecule has 0 unspecified atom stereocenters. The Bertz CT molecular complexity index is 311. The zero-order valence-electron chi connectivity index (χ0n) is 6.84. The van der Waals surface area contributed by atoms with Crippen LogP contribution in [0.5, 0.6) is 0 Å². The van der Waals surface area contributed by atoms with E-state index in [9.17, 15) is 4.79 Å². The van der Waals surface area contributed by atoms with Crippen molar-refractivity contribution in [2.45, 2.75) is 6.32 Å². The zero-order chi connectivity index (χ0) is 9.84. The first-order valence-corrected chi connectivity index (χ1v) is 3.78. The molecule has 3 N–H and O–H groups in total. The van der Waals surface area contributed by atoms with Gasteiger partial charge in [-0.3, -0.25) is 0 Å². The molecule has 0 fully saturated rings. The minimum atomic E-state index is -1.51. The first kappa shape index (κ1) is 9.76. The molecule has 0 bridgehead atoms. The number of hydrogen-bond acceptors (Lipinski definition) is 3. The van der Waals surface area contributed by atoms with Gasteiger partial charge in [-0.15, -0.1) is 0 Å². The van der Waals surface area contributed by atoms with Crippen LogP contribution >= 0.6 is 0 Å². The summed E-state index contributed by atoms with van der Waals surface area (Å²) in [5, 5.41) is 26.1. The smallest absolute Gasteiger partial charge is 0.456 e. The van der Waals surface area contributed by atoms with Crippen molar-refractivity contribution in [3.8, 4) is 0 Å². The van der Waals surface area contributed by atoms with Crippen molar-refractivity contribution < 1.29 is 19.9 Å². The van der Waals surface area contributed by atoms with Gasteiger partial charge in [-0.1, -0.05) is 18.2 Å². The summed E-state index contributed by atoms with van der Waals surface area (Å²) in [5.41, 5.74) is 0.528. The van der Waals surface area contributed by atoms with Gasteiger partial charge >= 0.3 is 13.1 Å². The molecule has 0 heterocycles. The molecule has 0 amide bonds. The molecule has 13 heavy (non-hydrogen) atoms. The van der Waals surface area contributed by atoms with Gasteiger partial charge in [-0.25, -0.2) is 4.79 Å². The van der Waals surface area contributed by atoms with Crippen LogP contribution < -0.4 is 0 Å². The van der Waals surface area contributed by atoms with Gasteiger partial charge in [0.2, 0.25) is 0 Å². The van der Waals surface area contributed by atoms with E-state index in [2.05, 4.69) is 0 Å². The molecule has 0 aliphatic rings. The van der Waals surface area contributed by atoms with Crippen molar-refractivity contribution in [3.05, 3.63) is 35.4 Å². The first-order valence-electron chi connectivity index (χ1n) is 3.78. The molecule has 4 nitrogen and oxygen atoms in total. The van der Waals surface area contributed by atoms with Crippen LogP contribution in [0.4, 0.5) is 0 Å². The van der Waals surface area contributed by atoms with Crippen LogP contribution in [0.15, 0.2) is 24.3 Å². The molecular weight excluding hydrogens is 171 g/mol. The normalized spacial score (nSPS) is 9.69. The lowest BCUT2D eigenvalue weighted by Crippen LogP contribution is -2.17. The number of carbonyl (C=O) groups is 1. The number of benzene rings is 1. The van der Waals surface area contributed by atoms with Crippen LogP contribution in [0.25, 0.3) is 0 Å². The second-order valence-electron chi connectivity index (χ2n) is 2.65. The number of rotatable bonds is 3. The summed E-state index contributed by atoms with van der Waals surface area (Å²) >= 11 is 0. The number of carboxylic acids is 1. The standard InChI is InChI=1S/C8H9BO4/c10-8(11)7-4-2-1-3-6(7)5-9(12)13/h1-4,12-13H,5H2,(H,10,11). The highest BCUT2D eigenvalue weighted by Gasteiger charge is 2.14. The van der Waals surface area contributed by atoms with E-state index in [4.69, 9.17) is 15.2 Å². The van der Waals surface area contributed by atoms with Crippen molar-refractivity contribution in [3.63, 3.8) is 0 Å². The highest BCUT2D eigenvalue weighted by molar-refractivity contribution is 6.40. The maximum Gasteiger partial charge on any atom is 0.456 e. The van der Waals surface area contributed by atoms with Crippen LogP contribution in [0.2, 0.25) is 0 Å². The predicted octanol–water partition coefficient (Wildman–Crippen LogP) is -0.0607. The van der Waals surface area contributed by atoms with E-state index in [-0.39, 0.29) is 11.9 Å². The molecule has 1 rings (SSSR count). The average molecular weight is 180 g/mol. The molecule has 68 valence electrons. The van der Waals surface area contributed by atoms with Gasteiger partial charge in [0.25, 0.3) is 0 Å². The Balaban J connectivity index is 2.98. The summed E-state index contributed by atoms with van der Waals surface area (Å²) in [6.07, 6.45) is -0.0670. The lowest BCUT2D eigenvalue weighted by atomic mass is 9.80. The van der Waals surface area contributed by atoms with E-state index in [1.165, 1.54) is 6.07 Å². The van der Waals surface area contributed by atoms with E-state index >= 15 is 0 Å². The Kier molecular flexibility index (Phi) is 3.05. The minimum Gasteiger partial charge on any atom is -0.478 e. The van der Waals surface area contributed by atoms with Gasteiger partial charge in [0, 0.05) is 6.32 Å². The Morgan fingerprint density at radius 2 is 1.92 bits per heavy atom. The van der Waals surface area contributed by atoms with Crippen molar-refractivity contribution in [2.75, 3.05) is 0 Å². The average Bonchev–Trinajstić information content (AvgIpc) is 2.03. The molecule has 1 aromatic rings. The molecule has 5 heteroatoms. The summed E-state index contributed by atoms with van der Waals surface area (Å²) < 4.78 is 0. The fourth-order valence-corrected chi connectivity index (χ4v) is 1.10. The van der Waals surface area contributed by atoms with Gasteiger partial charge in [-0.2, -0.15) is 0 Å². The molecule has 1 aromatic carbocycles. The summed E-state index contributed by atoms with van der Waals surface area (Å²) in [6.45, 7) is 0. The quantitative estimate of drug-likeness (QED) is 0.569. The van der Waals surface area contributed by atoms with E-state index < -0.39 is 13.1 Å². The maximum atomic E-state index is 10.6. The summed E-state index contributed by atoms with van der Waals surface area (Å²) in [7, 11) is -1.51. The largest absolute Gasteiger partial charge is 0.478 e. The van der Waals surface area contributed by atoms with Crippen molar-refractivity contribution >= 4 is 13.1 Å². The Morgan fingerprint density at radius 1 is 1.31 bits per heavy atom. The molecular formula is C8H9BO4. The topological polar surface area (TPSA) is 77.8 Å². The van der Waals surface area contributed by atoms with Crippen molar-refractivity contribution in [1.82, 2.24) is 0 Å². The van der Waals surface area contributed by atoms with Crippen LogP contribution in [0, 0.1) is 0 Å². The zero-order valence-corrected chi connectivity index (χ0v) is 6.84. The van der Waals surface area contributed by atoms with Gasteiger partial charge in [0.05, 0.1) is 5.56 Å². The van der Waals surface area contributed by atoms with Crippen molar-refractivity contribution in [2.24, 2.45) is 0 Å². The predicted molar refractivity (Wildman–Crippen MR) is 47.3 cm³/mol. The van der Waals surface area contributed by atoms with E-state index in [0.717, 1.165) is 0 Å². The lowest BCUT2D eigenvalue weighted by molar-refractivity contribution is 0.0696. The van der Waals surface area contributed by atoms with Gasteiger partial charge in [0.15, 0.2) is 0 Å². The van der Waals surface area contributed by atoms with E-state index in [0.29, 0.717) is 5.56 Å². The molecule has 0 saturated heterocycles. The maximum absolute atomic E-state index is 10.6. The van der Waals surface area contributed by atoms with Crippen LogP contribution in [-0.2, 0) is 6.32 Å². The van der Waals surface area contributed by atoms with Crippen LogP contribution in [-0.4, -0.2) is 28.2 Å². The number of carboxylic acid groups (broad SMARTS) is 1. The van der Waals surface area contributed by atoms with Crippen LogP contribution in [0.1, 0.15) is 15.9 Å². The lowest BCUT2D eigenvalue weighted by Gasteiger charge is -2.03. The minimum absolute atomic E-state index is 0.0670. The highest BCUT2D eigenvalue weighted by atomic mass is 16.4. The second-order valence-corrected chi connectivity index (χ2v) is 2.65. The summed E-state index contributed by atoms with van der Waals surface area (Å²) in [6, 6.07) is 6.24. The third-order valence-corrected chi connectivity index (χ3v) is 1.65. The Morgan fingerprint density at radius 3 is 2.46 bits per heavy atom. The van der Waals surface area contributed by atoms with Crippen LogP contribution in [0.3, 0.4) is 0 Å². The Hall–Kier alpha value is -1.33. The van der Waals surface area contributed by atoms with Gasteiger partial charge in [-0.05, 0) is 11.6 Å². The molecule has 0 saturated carbocycles. The second kappa shape index (κ2) is 4.07. The van der Waals surface area contributed by atoms with Gasteiger partial charge in [0.1, 0.15) is 0 Å². The fourth-order valence-electron chi connectivity index (χ4n) is 1.10. The number of aromatic carboxylic acids is 1. The summed E-state index contributed by atoms with van der Waals surface area (Å²) in [4.78, 5) is 10.6. The Labute approximate surface area is 75.6 Å². The fraction of sp³-hybridized carbons (Fsp3) is 0.125. The molecule has 0 radical (unpaired) electrons. The van der Waals surface area contributed by atoms with Gasteiger partial charge < -0.3 is 15.2 Å². The van der Waals surface area contributed by atoms with E-state index in [1.54, 1.807) is 18.2 Å². The third-order valence-electron chi connectivity index (χ3n) is 1.65. The summed E-state index contributed by atoms with van der Waals surface area (Å²) in [5.74, 6) is -1.06. The SMILES string of the molecule is O=C(O)c1ccccc1CB(O)O.